The lowest BCUT2D eigenvalue weighted by atomic mass is 9.93. The number of fused-ring (bicyclic) bond motifs is 9. The summed E-state index contributed by atoms with van der Waals surface area (Å²) in [7, 11) is 0. The number of hydrogen-bond donors (Lipinski definition) is 0. The maximum absolute atomic E-state index is 6.35. The fraction of sp³-hybridized carbons (Fsp3) is 0. The van der Waals surface area contributed by atoms with E-state index >= 15 is 0 Å². The number of para-hydroxylation sites is 2. The molecule has 0 bridgehead atoms. The van der Waals surface area contributed by atoms with Crippen LogP contribution in [0.15, 0.2) is 162 Å². The lowest BCUT2D eigenvalue weighted by molar-refractivity contribution is 0.670. The van der Waals surface area contributed by atoms with Crippen LogP contribution in [-0.4, -0.2) is 9.97 Å². The smallest absolute Gasteiger partial charge is 0.144 e. The van der Waals surface area contributed by atoms with Crippen molar-refractivity contribution in [3.05, 3.63) is 158 Å². The lowest BCUT2D eigenvalue weighted by Gasteiger charge is -2.12. The quantitative estimate of drug-likeness (QED) is 0.190. The second kappa shape index (κ2) is 10.1. The van der Waals surface area contributed by atoms with Gasteiger partial charge in [0.05, 0.1) is 22.4 Å². The van der Waals surface area contributed by atoms with Crippen molar-refractivity contribution in [2.75, 3.05) is 0 Å². The van der Waals surface area contributed by atoms with Crippen LogP contribution in [0.1, 0.15) is 0 Å². The first-order valence-corrected chi connectivity index (χ1v) is 15.9. The molecule has 0 spiro atoms. The van der Waals surface area contributed by atoms with Gasteiger partial charge < -0.3 is 4.42 Å². The summed E-state index contributed by atoms with van der Waals surface area (Å²) in [6.45, 7) is 0. The first-order chi connectivity index (χ1) is 23.3. The number of aromatic nitrogens is 2. The van der Waals surface area contributed by atoms with Crippen molar-refractivity contribution < 1.29 is 4.42 Å². The van der Waals surface area contributed by atoms with Crippen LogP contribution in [0.5, 0.6) is 0 Å². The predicted octanol–water partition coefficient (Wildman–Crippen LogP) is 12.0. The van der Waals surface area contributed by atoms with Crippen molar-refractivity contribution in [1.82, 2.24) is 9.97 Å². The minimum absolute atomic E-state index is 0.855. The minimum Gasteiger partial charge on any atom is -0.455 e. The Morgan fingerprint density at radius 2 is 0.957 bits per heavy atom. The highest BCUT2D eigenvalue weighted by atomic mass is 16.3. The van der Waals surface area contributed by atoms with Crippen LogP contribution in [0.4, 0.5) is 0 Å². The second-order valence-corrected chi connectivity index (χ2v) is 12.2. The number of rotatable bonds is 3. The number of nitrogens with zero attached hydrogens (tertiary/aromatic N) is 2. The predicted molar refractivity (Wildman–Crippen MR) is 196 cm³/mol. The van der Waals surface area contributed by atoms with E-state index in [1.54, 1.807) is 0 Å². The lowest BCUT2D eigenvalue weighted by Crippen LogP contribution is -1.91. The normalized spacial score (nSPS) is 11.8. The first-order valence-electron chi connectivity index (χ1n) is 15.9. The van der Waals surface area contributed by atoms with E-state index in [-0.39, 0.29) is 0 Å². The van der Waals surface area contributed by atoms with Crippen molar-refractivity contribution in [3.63, 3.8) is 0 Å². The monoisotopic (exact) mass is 598 g/mol. The molecule has 3 nitrogen and oxygen atoms in total. The van der Waals surface area contributed by atoms with E-state index in [4.69, 9.17) is 14.4 Å². The van der Waals surface area contributed by atoms with Crippen LogP contribution in [0, 0.1) is 0 Å². The van der Waals surface area contributed by atoms with E-state index in [0.717, 1.165) is 66.3 Å². The molecule has 10 aromatic rings. The second-order valence-electron chi connectivity index (χ2n) is 12.2. The van der Waals surface area contributed by atoms with Crippen molar-refractivity contribution in [2.24, 2.45) is 0 Å². The van der Waals surface area contributed by atoms with Gasteiger partial charge in [0.1, 0.15) is 11.2 Å². The first kappa shape index (κ1) is 26.0. The van der Waals surface area contributed by atoms with Gasteiger partial charge in [-0.2, -0.15) is 0 Å². The molecule has 0 radical (unpaired) electrons. The highest BCUT2D eigenvalue weighted by molar-refractivity contribution is 6.14. The van der Waals surface area contributed by atoms with Gasteiger partial charge in [0.2, 0.25) is 0 Å². The molecule has 0 amide bonds. The van der Waals surface area contributed by atoms with Crippen molar-refractivity contribution >= 4 is 65.3 Å². The van der Waals surface area contributed by atoms with Crippen LogP contribution < -0.4 is 0 Å². The van der Waals surface area contributed by atoms with Crippen LogP contribution >= 0.6 is 0 Å². The molecule has 47 heavy (non-hydrogen) atoms. The summed E-state index contributed by atoms with van der Waals surface area (Å²) in [4.78, 5) is 10.4. The molecule has 218 valence electrons. The Morgan fingerprint density at radius 1 is 0.362 bits per heavy atom. The zero-order valence-corrected chi connectivity index (χ0v) is 25.3. The molecule has 0 aliphatic heterocycles. The van der Waals surface area contributed by atoms with E-state index < -0.39 is 0 Å². The maximum atomic E-state index is 6.35. The van der Waals surface area contributed by atoms with Gasteiger partial charge in [-0.05, 0) is 63.0 Å². The fourth-order valence-corrected chi connectivity index (χ4v) is 7.14. The van der Waals surface area contributed by atoms with Gasteiger partial charge in [-0.1, -0.05) is 127 Å². The van der Waals surface area contributed by atoms with E-state index in [0.29, 0.717) is 0 Å². The highest BCUT2D eigenvalue weighted by Gasteiger charge is 2.15. The molecule has 3 aromatic heterocycles. The van der Waals surface area contributed by atoms with E-state index in [9.17, 15) is 0 Å². The Kier molecular flexibility index (Phi) is 5.57. The van der Waals surface area contributed by atoms with Gasteiger partial charge in [-0.3, -0.25) is 0 Å². The van der Waals surface area contributed by atoms with E-state index in [1.807, 2.05) is 18.2 Å². The van der Waals surface area contributed by atoms with Crippen LogP contribution in [0.3, 0.4) is 0 Å². The van der Waals surface area contributed by atoms with E-state index in [2.05, 4.69) is 140 Å². The molecule has 0 unspecified atom stereocenters. The van der Waals surface area contributed by atoms with Gasteiger partial charge in [-0.15, -0.1) is 0 Å². The molecule has 3 heterocycles. The van der Waals surface area contributed by atoms with Gasteiger partial charge >= 0.3 is 0 Å². The Hall–Kier alpha value is -6.32. The number of pyridine rings is 2. The Bertz CT molecular complexity index is 2850. The van der Waals surface area contributed by atoms with Crippen LogP contribution in [0.2, 0.25) is 0 Å². The fourth-order valence-electron chi connectivity index (χ4n) is 7.14. The van der Waals surface area contributed by atoms with Crippen molar-refractivity contribution in [3.8, 4) is 33.6 Å². The molecular formula is C44H26N2O. The van der Waals surface area contributed by atoms with Crippen molar-refractivity contribution in [1.29, 1.82) is 0 Å². The SMILES string of the molecule is c1ccc2c(c1)cc(-c1ccc(-c3ccc4ccc5ccc(-c6cccc7c6oc6ccccc67)nc5c4n3)cc1)c1ccccc12. The van der Waals surface area contributed by atoms with Crippen molar-refractivity contribution in [2.45, 2.75) is 0 Å². The summed E-state index contributed by atoms with van der Waals surface area (Å²) >= 11 is 0. The maximum Gasteiger partial charge on any atom is 0.144 e. The van der Waals surface area contributed by atoms with Gasteiger partial charge in [0.15, 0.2) is 0 Å². The molecule has 0 saturated heterocycles. The molecule has 0 N–H and O–H groups in total. The third kappa shape index (κ3) is 4.07. The largest absolute Gasteiger partial charge is 0.455 e. The third-order valence-electron chi connectivity index (χ3n) is 9.46. The number of benzene rings is 7. The molecule has 0 saturated carbocycles. The molecular weight excluding hydrogens is 572 g/mol. The summed E-state index contributed by atoms with van der Waals surface area (Å²) in [5.41, 5.74) is 9.78. The standard InChI is InChI=1S/C44H26N2O/c1-2-9-32-31(8-1)26-38(34-11-4-3-10-33(32)34)27-16-18-28(19-17-27)39-24-22-29-20-21-30-23-25-40(46-43(30)42(29)45-39)37-14-7-13-36-35-12-5-6-15-41(35)47-44(36)37/h1-26H. The Labute approximate surface area is 270 Å². The number of hydrogen-bond acceptors (Lipinski definition) is 3. The topological polar surface area (TPSA) is 38.9 Å². The molecule has 3 heteroatoms. The molecule has 10 rings (SSSR count). The van der Waals surface area contributed by atoms with Crippen LogP contribution in [0.25, 0.3) is 98.9 Å². The average Bonchev–Trinajstić information content (AvgIpc) is 3.53. The zero-order chi connectivity index (χ0) is 30.9. The molecule has 7 aromatic carbocycles. The summed E-state index contributed by atoms with van der Waals surface area (Å²) in [6.07, 6.45) is 0. The Balaban J connectivity index is 1.09. The van der Waals surface area contributed by atoms with Gasteiger partial charge in [0, 0.05) is 32.7 Å². The molecule has 0 aliphatic rings. The summed E-state index contributed by atoms with van der Waals surface area (Å²) in [6, 6.07) is 55.6. The number of furan rings is 1. The third-order valence-corrected chi connectivity index (χ3v) is 9.46. The average molecular weight is 599 g/mol. The zero-order valence-electron chi connectivity index (χ0n) is 25.3. The highest BCUT2D eigenvalue weighted by Crippen LogP contribution is 2.38. The summed E-state index contributed by atoms with van der Waals surface area (Å²) < 4.78 is 6.35. The molecule has 0 atom stereocenters. The minimum atomic E-state index is 0.855. The molecule has 0 fully saturated rings. The Morgan fingerprint density at radius 3 is 1.77 bits per heavy atom. The summed E-state index contributed by atoms with van der Waals surface area (Å²) in [5, 5.41) is 9.39. The van der Waals surface area contributed by atoms with Gasteiger partial charge in [-0.25, -0.2) is 9.97 Å². The van der Waals surface area contributed by atoms with Gasteiger partial charge in [0.25, 0.3) is 0 Å². The van der Waals surface area contributed by atoms with Crippen LogP contribution in [-0.2, 0) is 0 Å². The van der Waals surface area contributed by atoms with E-state index in [1.165, 1.54) is 32.7 Å². The molecule has 0 aliphatic carbocycles. The summed E-state index contributed by atoms with van der Waals surface area (Å²) in [5.74, 6) is 0.